The predicted molar refractivity (Wildman–Crippen MR) is 64.3 cm³/mol. The van der Waals surface area contributed by atoms with Crippen LogP contribution in [0, 0.1) is 0 Å². The van der Waals surface area contributed by atoms with Crippen molar-refractivity contribution in [3.63, 3.8) is 0 Å². The van der Waals surface area contributed by atoms with Crippen molar-refractivity contribution in [3.8, 4) is 0 Å². The van der Waals surface area contributed by atoms with Crippen LogP contribution in [0.4, 0.5) is 0 Å². The largest absolute Gasteiger partial charge is 0.311 e. The Morgan fingerprint density at radius 1 is 1.47 bits per heavy atom. The quantitative estimate of drug-likeness (QED) is 0.600. The van der Waals surface area contributed by atoms with E-state index in [1.165, 1.54) is 0 Å². The summed E-state index contributed by atoms with van der Waals surface area (Å²) in [6.07, 6.45) is 3.01. The highest BCUT2D eigenvalue weighted by Gasteiger charge is 2.01. The third kappa shape index (κ3) is 4.67. The van der Waals surface area contributed by atoms with E-state index >= 15 is 0 Å². The minimum absolute atomic E-state index is 0.241. The molecule has 1 unspecified atom stereocenters. The zero-order chi connectivity index (χ0) is 11.3. The molecule has 0 aliphatic heterocycles. The lowest BCUT2D eigenvalue weighted by Crippen LogP contribution is -2.17. The van der Waals surface area contributed by atoms with E-state index in [2.05, 4.69) is 30.3 Å². The Morgan fingerprint density at radius 2 is 2.20 bits per heavy atom. The SMILES string of the molecule is CC(Cl)CCNCc1ccn(C(C)C)n1. The molecule has 4 heteroatoms. The number of hydrogen-bond donors (Lipinski definition) is 1. The van der Waals surface area contributed by atoms with Crippen molar-refractivity contribution in [2.45, 2.75) is 45.2 Å². The van der Waals surface area contributed by atoms with Crippen LogP contribution in [0.15, 0.2) is 12.3 Å². The molecule has 1 rings (SSSR count). The summed E-state index contributed by atoms with van der Waals surface area (Å²) in [5, 5.41) is 8.01. The molecule has 3 nitrogen and oxygen atoms in total. The molecule has 1 N–H and O–H groups in total. The maximum Gasteiger partial charge on any atom is 0.0762 e. The van der Waals surface area contributed by atoms with Crippen molar-refractivity contribution in [1.29, 1.82) is 0 Å². The topological polar surface area (TPSA) is 29.9 Å². The predicted octanol–water partition coefficient (Wildman–Crippen LogP) is 2.57. The third-order valence-corrected chi connectivity index (χ3v) is 2.44. The van der Waals surface area contributed by atoms with Gasteiger partial charge in [0.1, 0.15) is 0 Å². The number of nitrogens with one attached hydrogen (secondary N) is 1. The fourth-order valence-corrected chi connectivity index (χ4v) is 1.39. The van der Waals surface area contributed by atoms with Crippen molar-refractivity contribution in [3.05, 3.63) is 18.0 Å². The molecule has 1 aromatic heterocycles. The molecule has 0 aliphatic carbocycles. The third-order valence-electron chi connectivity index (χ3n) is 2.22. The molecule has 0 saturated heterocycles. The number of alkyl halides is 1. The number of aromatic nitrogens is 2. The molecule has 0 aromatic carbocycles. The van der Waals surface area contributed by atoms with Crippen LogP contribution in [0.1, 0.15) is 38.9 Å². The molecular formula is C11H20ClN3. The molecule has 0 amide bonds. The van der Waals surface area contributed by atoms with Gasteiger partial charge in [-0.2, -0.15) is 5.10 Å². The molecule has 0 fully saturated rings. The molecule has 0 saturated carbocycles. The van der Waals surface area contributed by atoms with Crippen LogP contribution in [0.2, 0.25) is 0 Å². The van der Waals surface area contributed by atoms with E-state index in [1.807, 2.05) is 17.8 Å². The Hall–Kier alpha value is -0.540. The first kappa shape index (κ1) is 12.5. The Labute approximate surface area is 96.8 Å². The number of rotatable bonds is 6. The highest BCUT2D eigenvalue weighted by molar-refractivity contribution is 6.20. The van der Waals surface area contributed by atoms with E-state index in [0.717, 1.165) is 25.2 Å². The molecule has 1 aromatic rings. The van der Waals surface area contributed by atoms with E-state index < -0.39 is 0 Å². The fourth-order valence-electron chi connectivity index (χ4n) is 1.28. The van der Waals surface area contributed by atoms with Crippen molar-refractivity contribution < 1.29 is 0 Å². The van der Waals surface area contributed by atoms with Gasteiger partial charge >= 0.3 is 0 Å². The fraction of sp³-hybridized carbons (Fsp3) is 0.727. The second-order valence-corrected chi connectivity index (χ2v) is 4.87. The summed E-state index contributed by atoms with van der Waals surface area (Å²) in [5.41, 5.74) is 1.09. The van der Waals surface area contributed by atoms with Crippen LogP contribution in [0.5, 0.6) is 0 Å². The van der Waals surface area contributed by atoms with Crippen LogP contribution >= 0.6 is 11.6 Å². The Morgan fingerprint density at radius 3 is 2.73 bits per heavy atom. The lowest BCUT2D eigenvalue weighted by Gasteiger charge is -2.05. The highest BCUT2D eigenvalue weighted by Crippen LogP contribution is 2.04. The summed E-state index contributed by atoms with van der Waals surface area (Å²) in [6, 6.07) is 2.48. The summed E-state index contributed by atoms with van der Waals surface area (Å²) < 4.78 is 1.97. The average Bonchev–Trinajstić information content (AvgIpc) is 2.60. The van der Waals surface area contributed by atoms with Crippen LogP contribution in [-0.2, 0) is 6.54 Å². The summed E-state index contributed by atoms with van der Waals surface area (Å²) in [7, 11) is 0. The van der Waals surface area contributed by atoms with Crippen molar-refractivity contribution >= 4 is 11.6 Å². The van der Waals surface area contributed by atoms with Gasteiger partial charge in [-0.1, -0.05) is 0 Å². The minimum atomic E-state index is 0.241. The van der Waals surface area contributed by atoms with Crippen molar-refractivity contribution in [2.24, 2.45) is 0 Å². The van der Waals surface area contributed by atoms with Crippen LogP contribution in [-0.4, -0.2) is 21.7 Å². The van der Waals surface area contributed by atoms with E-state index in [9.17, 15) is 0 Å². The van der Waals surface area contributed by atoms with Gasteiger partial charge in [-0.05, 0) is 39.8 Å². The molecule has 1 heterocycles. The second-order valence-electron chi connectivity index (χ2n) is 4.13. The highest BCUT2D eigenvalue weighted by atomic mass is 35.5. The first-order valence-electron chi connectivity index (χ1n) is 5.48. The van der Waals surface area contributed by atoms with Gasteiger partial charge in [0.15, 0.2) is 0 Å². The lowest BCUT2D eigenvalue weighted by molar-refractivity contribution is 0.520. The van der Waals surface area contributed by atoms with Crippen molar-refractivity contribution in [1.82, 2.24) is 15.1 Å². The standard InChI is InChI=1S/C11H20ClN3/c1-9(2)15-7-5-11(14-15)8-13-6-4-10(3)12/h5,7,9-10,13H,4,6,8H2,1-3H3. The van der Waals surface area contributed by atoms with Gasteiger partial charge in [0.05, 0.1) is 5.69 Å². The van der Waals surface area contributed by atoms with Crippen LogP contribution in [0.3, 0.4) is 0 Å². The Bertz CT molecular complexity index is 281. The zero-order valence-electron chi connectivity index (χ0n) is 9.70. The molecule has 15 heavy (non-hydrogen) atoms. The molecule has 1 atom stereocenters. The molecule has 0 aliphatic rings. The van der Waals surface area contributed by atoms with Crippen LogP contribution < -0.4 is 5.32 Å². The number of nitrogens with zero attached hydrogens (tertiary/aromatic N) is 2. The minimum Gasteiger partial charge on any atom is -0.311 e. The zero-order valence-corrected chi connectivity index (χ0v) is 10.5. The number of hydrogen-bond acceptors (Lipinski definition) is 2. The summed E-state index contributed by atoms with van der Waals surface area (Å²) in [4.78, 5) is 0. The normalized spacial score (nSPS) is 13.4. The molecule has 0 radical (unpaired) electrons. The van der Waals surface area contributed by atoms with Gasteiger partial charge in [0.25, 0.3) is 0 Å². The van der Waals surface area contributed by atoms with E-state index in [0.29, 0.717) is 6.04 Å². The van der Waals surface area contributed by atoms with Gasteiger partial charge in [0.2, 0.25) is 0 Å². The first-order chi connectivity index (χ1) is 7.09. The second kappa shape index (κ2) is 6.13. The van der Waals surface area contributed by atoms with Crippen LogP contribution in [0.25, 0.3) is 0 Å². The lowest BCUT2D eigenvalue weighted by atomic mass is 10.3. The monoisotopic (exact) mass is 229 g/mol. The van der Waals surface area contributed by atoms with Gasteiger partial charge < -0.3 is 5.32 Å². The van der Waals surface area contributed by atoms with Gasteiger partial charge in [-0.15, -0.1) is 11.6 Å². The Kier molecular flexibility index (Phi) is 5.12. The maximum absolute atomic E-state index is 5.85. The molecule has 0 bridgehead atoms. The maximum atomic E-state index is 5.85. The van der Waals surface area contributed by atoms with E-state index in [4.69, 9.17) is 11.6 Å². The van der Waals surface area contributed by atoms with E-state index in [-0.39, 0.29) is 5.38 Å². The first-order valence-corrected chi connectivity index (χ1v) is 5.92. The summed E-state index contributed by atoms with van der Waals surface area (Å²) in [6.45, 7) is 8.03. The summed E-state index contributed by atoms with van der Waals surface area (Å²) >= 11 is 5.85. The van der Waals surface area contributed by atoms with E-state index in [1.54, 1.807) is 0 Å². The number of halogens is 1. The van der Waals surface area contributed by atoms with Gasteiger partial charge in [0, 0.05) is 24.2 Å². The van der Waals surface area contributed by atoms with Gasteiger partial charge in [-0.3, -0.25) is 4.68 Å². The molecule has 86 valence electrons. The Balaban J connectivity index is 2.26. The van der Waals surface area contributed by atoms with Gasteiger partial charge in [-0.25, -0.2) is 0 Å². The van der Waals surface area contributed by atoms with Crippen molar-refractivity contribution in [2.75, 3.05) is 6.54 Å². The average molecular weight is 230 g/mol. The smallest absolute Gasteiger partial charge is 0.0762 e. The molecular weight excluding hydrogens is 210 g/mol. The molecule has 0 spiro atoms. The summed E-state index contributed by atoms with van der Waals surface area (Å²) in [5.74, 6) is 0.